The molecule has 0 amide bonds. The third-order valence-corrected chi connectivity index (χ3v) is 5.83. The Labute approximate surface area is 141 Å². The number of rotatable bonds is 2. The Bertz CT molecular complexity index is 1050. The summed E-state index contributed by atoms with van der Waals surface area (Å²) in [4.78, 5) is 11.5. The maximum absolute atomic E-state index is 4.85. The molecule has 1 aromatic carbocycles. The van der Waals surface area contributed by atoms with Crippen molar-refractivity contribution in [2.24, 2.45) is 5.92 Å². The smallest absolute Gasteiger partial charge is 0.158 e. The van der Waals surface area contributed by atoms with Crippen LogP contribution in [-0.4, -0.2) is 20.3 Å². The molecule has 3 aromatic heterocycles. The van der Waals surface area contributed by atoms with Gasteiger partial charge in [0.05, 0.1) is 11.1 Å². The predicted molar refractivity (Wildman–Crippen MR) is 93.7 cm³/mol. The number of fused-ring (bicyclic) bond motifs is 4. The maximum Gasteiger partial charge on any atom is 0.158 e. The molecule has 0 aliphatic heterocycles. The highest BCUT2D eigenvalue weighted by molar-refractivity contribution is 7.19. The van der Waals surface area contributed by atoms with Crippen molar-refractivity contribution in [2.45, 2.75) is 26.2 Å². The monoisotopic (exact) mass is 337 g/mol. The van der Waals surface area contributed by atoms with E-state index < -0.39 is 0 Å². The summed E-state index contributed by atoms with van der Waals surface area (Å²) in [5, 5.41) is 12.5. The number of hydrogen-bond acceptors (Lipinski definition) is 7. The molecule has 1 N–H and O–H groups in total. The lowest BCUT2D eigenvalue weighted by atomic mass is 9.88. The number of nitrogens with one attached hydrogen (secondary N) is 1. The Kier molecular flexibility index (Phi) is 3.02. The summed E-state index contributed by atoms with van der Waals surface area (Å²) < 4.78 is 4.85. The third-order valence-electron chi connectivity index (χ3n) is 4.63. The van der Waals surface area contributed by atoms with Crippen molar-refractivity contribution >= 4 is 44.1 Å². The van der Waals surface area contributed by atoms with Crippen molar-refractivity contribution < 1.29 is 4.63 Å². The predicted octanol–water partition coefficient (Wildman–Crippen LogP) is 4.10. The zero-order chi connectivity index (χ0) is 16.1. The quantitative estimate of drug-likeness (QED) is 0.593. The highest BCUT2D eigenvalue weighted by Crippen LogP contribution is 2.40. The molecule has 7 heteroatoms. The molecule has 4 aromatic rings. The van der Waals surface area contributed by atoms with Crippen LogP contribution in [0.2, 0.25) is 0 Å². The molecule has 120 valence electrons. The van der Waals surface area contributed by atoms with Gasteiger partial charge in [-0.05, 0) is 53.2 Å². The molecule has 6 nitrogen and oxygen atoms in total. The Morgan fingerprint density at radius 1 is 1.25 bits per heavy atom. The molecule has 0 fully saturated rings. The molecule has 1 aliphatic rings. The first-order valence-corrected chi connectivity index (χ1v) is 8.85. The van der Waals surface area contributed by atoms with Gasteiger partial charge in [0.25, 0.3) is 0 Å². The molecule has 0 saturated heterocycles. The van der Waals surface area contributed by atoms with Gasteiger partial charge in [0.2, 0.25) is 0 Å². The van der Waals surface area contributed by atoms with Crippen molar-refractivity contribution in [3.05, 3.63) is 35.0 Å². The molecule has 0 spiro atoms. The van der Waals surface area contributed by atoms with E-state index in [1.165, 1.54) is 16.9 Å². The summed E-state index contributed by atoms with van der Waals surface area (Å²) in [6, 6.07) is 5.76. The van der Waals surface area contributed by atoms with Crippen LogP contribution in [0.5, 0.6) is 0 Å². The Morgan fingerprint density at radius 3 is 3.17 bits per heavy atom. The van der Waals surface area contributed by atoms with Crippen molar-refractivity contribution in [2.75, 3.05) is 5.32 Å². The molecule has 1 unspecified atom stereocenters. The van der Waals surface area contributed by atoms with Crippen LogP contribution in [0.4, 0.5) is 11.5 Å². The van der Waals surface area contributed by atoms with Crippen LogP contribution in [0.1, 0.15) is 23.8 Å². The van der Waals surface area contributed by atoms with Crippen LogP contribution >= 0.6 is 11.3 Å². The van der Waals surface area contributed by atoms with Gasteiger partial charge < -0.3 is 5.32 Å². The normalized spacial score (nSPS) is 17.3. The summed E-state index contributed by atoms with van der Waals surface area (Å²) in [5.41, 5.74) is 3.69. The first-order valence-electron chi connectivity index (χ1n) is 8.03. The lowest BCUT2D eigenvalue weighted by Gasteiger charge is -2.18. The van der Waals surface area contributed by atoms with E-state index in [4.69, 9.17) is 4.63 Å². The van der Waals surface area contributed by atoms with Gasteiger partial charge in [0.15, 0.2) is 5.52 Å². The first kappa shape index (κ1) is 13.9. The number of anilines is 2. The second-order valence-corrected chi connectivity index (χ2v) is 7.40. The minimum absolute atomic E-state index is 0.700. The topological polar surface area (TPSA) is 76.7 Å². The summed E-state index contributed by atoms with van der Waals surface area (Å²) >= 11 is 1.79. The molecule has 1 aliphatic carbocycles. The van der Waals surface area contributed by atoms with Gasteiger partial charge in [0, 0.05) is 4.88 Å². The largest absolute Gasteiger partial charge is 0.338 e. The van der Waals surface area contributed by atoms with E-state index in [1.54, 1.807) is 17.7 Å². The minimum atomic E-state index is 0.700. The van der Waals surface area contributed by atoms with E-state index in [2.05, 4.69) is 32.5 Å². The summed E-state index contributed by atoms with van der Waals surface area (Å²) in [6.45, 7) is 2.31. The van der Waals surface area contributed by atoms with Crippen LogP contribution in [0, 0.1) is 5.92 Å². The average molecular weight is 337 g/mol. The Morgan fingerprint density at radius 2 is 2.21 bits per heavy atom. The fourth-order valence-corrected chi connectivity index (χ4v) is 4.60. The standard InChI is InChI=1S/C17H15N5OS/c1-9-5-6-13-10(7-9)14-16(18-8-19-17(14)24-13)20-11-3-2-4-12-15(11)22-23-21-12/h2-4,8-9H,5-7H2,1H3,(H,18,19,20). The van der Waals surface area contributed by atoms with Crippen molar-refractivity contribution in [1.29, 1.82) is 0 Å². The highest BCUT2D eigenvalue weighted by atomic mass is 32.1. The number of aromatic nitrogens is 4. The Balaban J connectivity index is 1.67. The van der Waals surface area contributed by atoms with Gasteiger partial charge in [-0.3, -0.25) is 0 Å². The number of nitrogens with zero attached hydrogens (tertiary/aromatic N) is 4. The Hall–Kier alpha value is -2.54. The maximum atomic E-state index is 4.85. The summed E-state index contributed by atoms with van der Waals surface area (Å²) in [6.07, 6.45) is 5.10. The average Bonchev–Trinajstić information content (AvgIpc) is 3.20. The fourth-order valence-electron chi connectivity index (χ4n) is 3.41. The van der Waals surface area contributed by atoms with Gasteiger partial charge in [-0.25, -0.2) is 14.6 Å². The van der Waals surface area contributed by atoms with E-state index in [9.17, 15) is 0 Å². The number of aryl methyl sites for hydroxylation is 1. The molecular formula is C17H15N5OS. The van der Waals surface area contributed by atoms with Crippen LogP contribution in [0.15, 0.2) is 29.2 Å². The molecule has 24 heavy (non-hydrogen) atoms. The summed E-state index contributed by atoms with van der Waals surface area (Å²) in [5.74, 6) is 1.54. The molecule has 3 heterocycles. The minimum Gasteiger partial charge on any atom is -0.338 e. The van der Waals surface area contributed by atoms with Gasteiger partial charge in [-0.15, -0.1) is 11.3 Å². The van der Waals surface area contributed by atoms with Gasteiger partial charge in [-0.1, -0.05) is 13.0 Å². The van der Waals surface area contributed by atoms with E-state index in [-0.39, 0.29) is 0 Å². The number of hydrogen-bond donors (Lipinski definition) is 1. The molecule has 5 rings (SSSR count). The van der Waals surface area contributed by atoms with Gasteiger partial charge >= 0.3 is 0 Å². The number of benzene rings is 1. The van der Waals surface area contributed by atoms with Gasteiger partial charge in [-0.2, -0.15) is 0 Å². The van der Waals surface area contributed by atoms with Crippen molar-refractivity contribution in [3.63, 3.8) is 0 Å². The lowest BCUT2D eigenvalue weighted by Crippen LogP contribution is -2.09. The van der Waals surface area contributed by atoms with Gasteiger partial charge in [0.1, 0.15) is 22.5 Å². The van der Waals surface area contributed by atoms with E-state index >= 15 is 0 Å². The molecule has 1 atom stereocenters. The lowest BCUT2D eigenvalue weighted by molar-refractivity contribution is 0.315. The van der Waals surface area contributed by atoms with E-state index in [1.807, 2.05) is 18.2 Å². The zero-order valence-corrected chi connectivity index (χ0v) is 13.9. The fraction of sp³-hybridized carbons (Fsp3) is 0.294. The van der Waals surface area contributed by atoms with Crippen LogP contribution in [-0.2, 0) is 12.8 Å². The van der Waals surface area contributed by atoms with Crippen molar-refractivity contribution in [3.8, 4) is 0 Å². The highest BCUT2D eigenvalue weighted by Gasteiger charge is 2.23. The molecule has 0 radical (unpaired) electrons. The second kappa shape index (κ2) is 5.24. The summed E-state index contributed by atoms with van der Waals surface area (Å²) in [7, 11) is 0. The molecule has 0 saturated carbocycles. The van der Waals surface area contributed by atoms with Crippen LogP contribution in [0.25, 0.3) is 21.3 Å². The van der Waals surface area contributed by atoms with Crippen LogP contribution in [0.3, 0.4) is 0 Å². The van der Waals surface area contributed by atoms with Crippen molar-refractivity contribution in [1.82, 2.24) is 20.3 Å². The van der Waals surface area contributed by atoms with E-state index in [0.717, 1.165) is 40.1 Å². The third kappa shape index (κ3) is 2.08. The second-order valence-electron chi connectivity index (χ2n) is 6.32. The molecule has 0 bridgehead atoms. The van der Waals surface area contributed by atoms with E-state index in [0.29, 0.717) is 11.4 Å². The number of thiophene rings is 1. The zero-order valence-electron chi connectivity index (χ0n) is 13.1. The molecular weight excluding hydrogens is 322 g/mol. The SMILES string of the molecule is CC1CCc2sc3ncnc(Nc4cccc5nonc45)c3c2C1. The first-order chi connectivity index (χ1) is 11.8. The van der Waals surface area contributed by atoms with Crippen LogP contribution < -0.4 is 5.32 Å².